The van der Waals surface area contributed by atoms with Crippen LogP contribution in [0, 0.1) is 6.92 Å². The Hall–Kier alpha value is -2.76. The molecule has 1 aliphatic rings. The van der Waals surface area contributed by atoms with Gasteiger partial charge in [0.25, 0.3) is 0 Å². The molecule has 0 saturated heterocycles. The number of ether oxygens (including phenoxy) is 2. The van der Waals surface area contributed by atoms with Gasteiger partial charge in [0, 0.05) is 11.8 Å². The molecule has 0 unspecified atom stereocenters. The molecule has 6 heteroatoms. The number of aromatic nitrogens is 1. The van der Waals surface area contributed by atoms with Gasteiger partial charge < -0.3 is 19.9 Å². The van der Waals surface area contributed by atoms with Crippen molar-refractivity contribution in [1.29, 1.82) is 0 Å². The molecule has 2 aromatic rings. The third kappa shape index (κ3) is 3.11. The van der Waals surface area contributed by atoms with E-state index < -0.39 is 5.97 Å². The van der Waals surface area contributed by atoms with Crippen LogP contribution in [0.4, 0.5) is 5.69 Å². The lowest BCUT2D eigenvalue weighted by Crippen LogP contribution is -2.16. The normalized spacial score (nSPS) is 12.8. The summed E-state index contributed by atoms with van der Waals surface area (Å²) >= 11 is 0. The number of benzene rings is 1. The molecule has 1 aromatic heterocycles. The zero-order chi connectivity index (χ0) is 15.5. The Bertz CT molecular complexity index is 715. The first-order valence-electron chi connectivity index (χ1n) is 6.95. The second kappa shape index (κ2) is 5.93. The minimum absolute atomic E-state index is 0.262. The number of fused-ring (bicyclic) bond motifs is 1. The van der Waals surface area contributed by atoms with Crippen molar-refractivity contribution in [2.24, 2.45) is 0 Å². The van der Waals surface area contributed by atoms with Crippen LogP contribution in [0.3, 0.4) is 0 Å². The summed E-state index contributed by atoms with van der Waals surface area (Å²) in [5.74, 6) is 0.399. The molecule has 0 bridgehead atoms. The van der Waals surface area contributed by atoms with Crippen LogP contribution in [-0.2, 0) is 6.54 Å². The summed E-state index contributed by atoms with van der Waals surface area (Å²) in [5, 5.41) is 12.3. The highest BCUT2D eigenvalue weighted by atomic mass is 16.6. The number of nitrogens with zero attached hydrogens (tertiary/aromatic N) is 1. The molecular formula is C16H16N2O4. The number of aromatic carboxylic acids is 1. The fourth-order valence-electron chi connectivity index (χ4n) is 2.29. The Balaban J connectivity index is 1.73. The minimum Gasteiger partial charge on any atom is -0.486 e. The molecule has 1 aromatic carbocycles. The first-order valence-corrected chi connectivity index (χ1v) is 6.95. The Morgan fingerprint density at radius 2 is 2.00 bits per heavy atom. The largest absolute Gasteiger partial charge is 0.486 e. The summed E-state index contributed by atoms with van der Waals surface area (Å²) in [5.41, 5.74) is 2.69. The molecule has 0 amide bonds. The van der Waals surface area contributed by atoms with Gasteiger partial charge in [0.15, 0.2) is 11.5 Å². The predicted molar refractivity (Wildman–Crippen MR) is 80.7 cm³/mol. The number of nitrogens with one attached hydrogen (secondary N) is 1. The maximum absolute atomic E-state index is 11.1. The highest BCUT2D eigenvalue weighted by molar-refractivity contribution is 5.89. The van der Waals surface area contributed by atoms with E-state index in [9.17, 15) is 4.79 Å². The number of hydrogen-bond donors (Lipinski definition) is 2. The lowest BCUT2D eigenvalue weighted by molar-refractivity contribution is 0.0697. The van der Waals surface area contributed by atoms with Crippen molar-refractivity contribution in [3.63, 3.8) is 0 Å². The summed E-state index contributed by atoms with van der Waals surface area (Å²) < 4.78 is 10.9. The predicted octanol–water partition coefficient (Wildman–Crippen LogP) is 2.47. The lowest BCUT2D eigenvalue weighted by Gasteiger charge is -2.18. The number of anilines is 1. The average molecular weight is 300 g/mol. The molecule has 0 atom stereocenters. The van der Waals surface area contributed by atoms with Crippen molar-refractivity contribution in [1.82, 2.24) is 4.98 Å². The summed E-state index contributed by atoms with van der Waals surface area (Å²) in [6.45, 7) is 3.40. The maximum atomic E-state index is 11.1. The number of carbonyl (C=O) groups is 1. The Labute approximate surface area is 127 Å². The van der Waals surface area contributed by atoms with Gasteiger partial charge in [-0.25, -0.2) is 4.79 Å². The molecule has 2 heterocycles. The molecule has 3 rings (SSSR count). The molecule has 0 radical (unpaired) electrons. The topological polar surface area (TPSA) is 80.7 Å². The van der Waals surface area contributed by atoms with E-state index in [0.29, 0.717) is 31.3 Å². The zero-order valence-electron chi connectivity index (χ0n) is 12.1. The number of pyridine rings is 1. The molecule has 0 spiro atoms. The second-order valence-electron chi connectivity index (χ2n) is 5.07. The summed E-state index contributed by atoms with van der Waals surface area (Å²) in [4.78, 5) is 15.4. The summed E-state index contributed by atoms with van der Waals surface area (Å²) in [6, 6.07) is 6.96. The van der Waals surface area contributed by atoms with Crippen LogP contribution in [0.2, 0.25) is 0 Å². The van der Waals surface area contributed by atoms with Crippen LogP contribution in [0.5, 0.6) is 11.5 Å². The molecule has 1 aliphatic heterocycles. The van der Waals surface area contributed by atoms with Crippen LogP contribution >= 0.6 is 0 Å². The first-order chi connectivity index (χ1) is 10.6. The van der Waals surface area contributed by atoms with E-state index in [1.165, 1.54) is 0 Å². The van der Waals surface area contributed by atoms with Crippen LogP contribution < -0.4 is 14.8 Å². The second-order valence-corrected chi connectivity index (χ2v) is 5.07. The Kier molecular flexibility index (Phi) is 3.82. The van der Waals surface area contributed by atoms with Crippen LogP contribution in [0.25, 0.3) is 0 Å². The van der Waals surface area contributed by atoms with Gasteiger partial charge in [-0.3, -0.25) is 4.98 Å². The highest BCUT2D eigenvalue weighted by Gasteiger charge is 2.12. The monoisotopic (exact) mass is 300 g/mol. The number of rotatable bonds is 4. The van der Waals surface area contributed by atoms with E-state index in [4.69, 9.17) is 14.6 Å². The van der Waals surface area contributed by atoms with Gasteiger partial charge in [0.1, 0.15) is 13.2 Å². The maximum Gasteiger partial charge on any atom is 0.335 e. The van der Waals surface area contributed by atoms with Crippen LogP contribution in [0.1, 0.15) is 21.6 Å². The van der Waals surface area contributed by atoms with Crippen molar-refractivity contribution in [2.45, 2.75) is 13.5 Å². The van der Waals surface area contributed by atoms with Crippen LogP contribution in [0.15, 0.2) is 30.5 Å². The molecule has 22 heavy (non-hydrogen) atoms. The van der Waals surface area contributed by atoms with E-state index in [0.717, 1.165) is 16.9 Å². The van der Waals surface area contributed by atoms with Gasteiger partial charge in [-0.05, 0) is 30.7 Å². The molecule has 2 N–H and O–H groups in total. The van der Waals surface area contributed by atoms with Gasteiger partial charge in [-0.15, -0.1) is 0 Å². The fraction of sp³-hybridized carbons (Fsp3) is 0.250. The number of hydrogen-bond acceptors (Lipinski definition) is 5. The Morgan fingerprint density at radius 1 is 1.23 bits per heavy atom. The third-order valence-electron chi connectivity index (χ3n) is 3.28. The molecule has 114 valence electrons. The minimum atomic E-state index is -0.941. The Morgan fingerprint density at radius 3 is 2.77 bits per heavy atom. The van der Waals surface area contributed by atoms with Gasteiger partial charge in [0.2, 0.25) is 0 Å². The lowest BCUT2D eigenvalue weighted by atomic mass is 10.1. The van der Waals surface area contributed by atoms with E-state index in [-0.39, 0.29) is 5.56 Å². The average Bonchev–Trinajstić information content (AvgIpc) is 2.52. The molecule has 6 nitrogen and oxygen atoms in total. The molecule has 0 fully saturated rings. The van der Waals surface area contributed by atoms with E-state index >= 15 is 0 Å². The first kappa shape index (κ1) is 14.2. The fourth-order valence-corrected chi connectivity index (χ4v) is 2.29. The van der Waals surface area contributed by atoms with Crippen molar-refractivity contribution < 1.29 is 19.4 Å². The summed E-state index contributed by atoms with van der Waals surface area (Å²) in [6.07, 6.45) is 1.64. The van der Waals surface area contributed by atoms with Crippen molar-refractivity contribution >= 4 is 11.7 Å². The van der Waals surface area contributed by atoms with E-state index in [1.807, 2.05) is 19.1 Å². The summed E-state index contributed by atoms with van der Waals surface area (Å²) in [7, 11) is 0. The molecular weight excluding hydrogens is 284 g/mol. The van der Waals surface area contributed by atoms with Gasteiger partial charge >= 0.3 is 5.97 Å². The standard InChI is InChI=1S/C16H16N2O4/c1-10-4-11(16(19)20)6-12(5-10)17-8-13-7-14-15(9-18-13)22-3-2-21-14/h4-7,9,17H,2-3,8H2,1H3,(H,19,20). The quantitative estimate of drug-likeness (QED) is 0.903. The third-order valence-corrected chi connectivity index (χ3v) is 3.28. The molecule has 0 saturated carbocycles. The van der Waals surface area contributed by atoms with E-state index in [2.05, 4.69) is 10.3 Å². The number of carboxylic acids is 1. The molecule has 0 aliphatic carbocycles. The smallest absolute Gasteiger partial charge is 0.335 e. The number of aryl methyl sites for hydroxylation is 1. The SMILES string of the molecule is Cc1cc(NCc2cc3c(cn2)OCCO3)cc(C(=O)O)c1. The van der Waals surface area contributed by atoms with E-state index in [1.54, 1.807) is 18.3 Å². The van der Waals surface area contributed by atoms with Crippen LogP contribution in [-0.4, -0.2) is 29.3 Å². The van der Waals surface area contributed by atoms with Gasteiger partial charge in [-0.2, -0.15) is 0 Å². The zero-order valence-corrected chi connectivity index (χ0v) is 12.1. The van der Waals surface area contributed by atoms with Gasteiger partial charge in [0.05, 0.1) is 24.0 Å². The number of carboxylic acid groups (broad SMARTS) is 1. The van der Waals surface area contributed by atoms with Crippen molar-refractivity contribution in [2.75, 3.05) is 18.5 Å². The highest BCUT2D eigenvalue weighted by Crippen LogP contribution is 2.29. The van der Waals surface area contributed by atoms with Crippen molar-refractivity contribution in [3.8, 4) is 11.5 Å². The van der Waals surface area contributed by atoms with Crippen molar-refractivity contribution in [3.05, 3.63) is 47.3 Å². The van der Waals surface area contributed by atoms with Gasteiger partial charge in [-0.1, -0.05) is 0 Å².